The summed E-state index contributed by atoms with van der Waals surface area (Å²) in [6.07, 6.45) is 2.27. The van der Waals surface area contributed by atoms with Crippen molar-refractivity contribution in [2.24, 2.45) is 11.5 Å². The van der Waals surface area contributed by atoms with Crippen molar-refractivity contribution in [1.29, 1.82) is 0 Å². The molecule has 4 unspecified atom stereocenters. The molecule has 2 aromatic carbocycles. The van der Waals surface area contributed by atoms with Gasteiger partial charge in [0, 0.05) is 6.42 Å². The van der Waals surface area contributed by atoms with Crippen LogP contribution in [0.4, 0.5) is 0 Å². The molecule has 2 aromatic rings. The molecule has 0 bridgehead atoms. The van der Waals surface area contributed by atoms with Crippen LogP contribution in [0.2, 0.25) is 0 Å². The highest BCUT2D eigenvalue weighted by molar-refractivity contribution is 7.13. The van der Waals surface area contributed by atoms with Gasteiger partial charge in [-0.3, -0.25) is 14.4 Å². The molecular weight excluding hydrogens is 477 g/mol. The van der Waals surface area contributed by atoms with E-state index in [0.717, 1.165) is 35.2 Å². The summed E-state index contributed by atoms with van der Waals surface area (Å²) in [4.78, 5) is 38.1. The molecular formula is C26H36N5O4P. The monoisotopic (exact) mass is 513 g/mol. The van der Waals surface area contributed by atoms with Gasteiger partial charge in [-0.2, -0.15) is 0 Å². The van der Waals surface area contributed by atoms with Crippen molar-refractivity contribution in [3.63, 3.8) is 0 Å². The summed E-state index contributed by atoms with van der Waals surface area (Å²) >= 11 is 0. The molecule has 9 nitrogen and oxygen atoms in total. The first-order chi connectivity index (χ1) is 17.1. The Bertz CT molecular complexity index is 1010. The van der Waals surface area contributed by atoms with Crippen molar-refractivity contribution < 1.29 is 19.5 Å². The summed E-state index contributed by atoms with van der Waals surface area (Å²) in [6, 6.07) is 11.2. The third kappa shape index (κ3) is 9.12. The molecule has 0 fully saturated rings. The molecule has 0 heterocycles. The Hall–Kier alpha value is -3.18. The van der Waals surface area contributed by atoms with Crippen LogP contribution in [0.1, 0.15) is 41.5 Å². The fourth-order valence-corrected chi connectivity index (χ4v) is 4.17. The summed E-state index contributed by atoms with van der Waals surface area (Å²) in [5.74, 6) is -1.50. The zero-order valence-corrected chi connectivity index (χ0v) is 21.9. The zero-order valence-electron chi connectivity index (χ0n) is 20.8. The van der Waals surface area contributed by atoms with Gasteiger partial charge in [-0.05, 0) is 98.7 Å². The van der Waals surface area contributed by atoms with E-state index in [9.17, 15) is 19.5 Å². The van der Waals surface area contributed by atoms with Gasteiger partial charge >= 0.3 is 0 Å². The first-order valence-corrected chi connectivity index (χ1v) is 12.4. The van der Waals surface area contributed by atoms with E-state index < -0.39 is 35.8 Å². The van der Waals surface area contributed by atoms with Gasteiger partial charge in [0.15, 0.2) is 0 Å². The highest BCUT2D eigenvalue weighted by atomic mass is 31.0. The van der Waals surface area contributed by atoms with Gasteiger partial charge in [-0.1, -0.05) is 21.5 Å². The first-order valence-electron chi connectivity index (χ1n) is 11.9. The maximum atomic E-state index is 13.1. The molecule has 0 saturated heterocycles. The molecule has 2 rings (SSSR count). The summed E-state index contributed by atoms with van der Waals surface area (Å²) < 4.78 is 0. The third-order valence-electron chi connectivity index (χ3n) is 5.96. The van der Waals surface area contributed by atoms with E-state index in [0.29, 0.717) is 12.8 Å². The van der Waals surface area contributed by atoms with Crippen molar-refractivity contribution in [3.8, 4) is 5.75 Å². The Labute approximate surface area is 215 Å². The van der Waals surface area contributed by atoms with Crippen LogP contribution in [0.3, 0.4) is 0 Å². The van der Waals surface area contributed by atoms with Gasteiger partial charge in [0.2, 0.25) is 17.7 Å². The van der Waals surface area contributed by atoms with Gasteiger partial charge in [-0.15, -0.1) is 0 Å². The minimum atomic E-state index is -0.947. The third-order valence-corrected chi connectivity index (χ3v) is 6.25. The molecule has 0 spiro atoms. The Kier molecular flexibility index (Phi) is 11.6. The van der Waals surface area contributed by atoms with Crippen LogP contribution in [0, 0.1) is 26.0 Å². The van der Waals surface area contributed by atoms with E-state index in [1.807, 2.05) is 13.8 Å². The number of aryl methyl sites for hydroxylation is 2. The lowest BCUT2D eigenvalue weighted by Gasteiger charge is -2.24. The molecule has 0 aliphatic carbocycles. The first kappa shape index (κ1) is 29.1. The molecule has 4 atom stereocenters. The maximum Gasteiger partial charge on any atom is 0.243 e. The highest BCUT2D eigenvalue weighted by Gasteiger charge is 2.27. The lowest BCUT2D eigenvalue weighted by atomic mass is 9.95. The van der Waals surface area contributed by atoms with Gasteiger partial charge in [0.1, 0.15) is 17.8 Å². The maximum absolute atomic E-state index is 13.1. The fraction of sp³-hybridized carbons (Fsp3) is 0.423. The van der Waals surface area contributed by atoms with Gasteiger partial charge in [0.05, 0.1) is 6.04 Å². The van der Waals surface area contributed by atoms with Crippen molar-refractivity contribution >= 4 is 27.1 Å². The van der Waals surface area contributed by atoms with Gasteiger partial charge < -0.3 is 32.3 Å². The smallest absolute Gasteiger partial charge is 0.243 e. The number of amides is 3. The number of hydrogen-bond donors (Lipinski definition) is 6. The molecule has 8 N–H and O–H groups in total. The van der Waals surface area contributed by atoms with Crippen molar-refractivity contribution in [1.82, 2.24) is 15.7 Å². The van der Waals surface area contributed by atoms with E-state index in [4.69, 9.17) is 11.5 Å². The Balaban J connectivity index is 2.11. The zero-order chi connectivity index (χ0) is 26.7. The Morgan fingerprint density at radius 3 is 2.28 bits per heavy atom. The molecule has 0 radical (unpaired) electrons. The Morgan fingerprint density at radius 2 is 1.69 bits per heavy atom. The molecule has 36 heavy (non-hydrogen) atoms. The summed E-state index contributed by atoms with van der Waals surface area (Å²) in [7, 11) is 2.42. The molecule has 10 heteroatoms. The highest BCUT2D eigenvalue weighted by Crippen LogP contribution is 2.22. The quantitative estimate of drug-likeness (QED) is 0.161. The van der Waals surface area contributed by atoms with Crippen LogP contribution in [0.5, 0.6) is 5.75 Å². The molecule has 0 aliphatic heterocycles. The number of benzene rings is 1. The van der Waals surface area contributed by atoms with Crippen LogP contribution < -0.4 is 27.2 Å². The van der Waals surface area contributed by atoms with Crippen molar-refractivity contribution in [3.05, 3.63) is 64.7 Å². The Morgan fingerprint density at radius 1 is 1.03 bits per heavy atom. The average molecular weight is 514 g/mol. The number of hydrogen-bond acceptors (Lipinski definition) is 6. The number of rotatable bonds is 14. The summed E-state index contributed by atoms with van der Waals surface area (Å²) in [6.45, 7) is 4.42. The topological polar surface area (TPSA) is 160 Å². The molecule has 3 amide bonds. The number of nitrogens with two attached hydrogens (primary N) is 2. The van der Waals surface area contributed by atoms with E-state index in [1.165, 1.54) is 0 Å². The second-order valence-corrected chi connectivity index (χ2v) is 9.30. The minimum absolute atomic E-state index is 0.152. The number of phenolic OH excluding ortho intramolecular Hbond substituents is 1. The average Bonchev–Trinajstić information content (AvgIpc) is 2.83. The lowest BCUT2D eigenvalue weighted by molar-refractivity contribution is -0.131. The van der Waals surface area contributed by atoms with E-state index in [-0.39, 0.29) is 18.6 Å². The minimum Gasteiger partial charge on any atom is -0.508 e. The molecule has 0 aromatic heterocycles. The molecule has 194 valence electrons. The van der Waals surface area contributed by atoms with E-state index in [2.05, 4.69) is 37.2 Å². The van der Waals surface area contributed by atoms with Crippen LogP contribution in [-0.4, -0.2) is 47.5 Å². The molecule has 0 saturated carbocycles. The number of carbonyl (C=O) groups is 3. The van der Waals surface area contributed by atoms with Crippen LogP contribution >= 0.6 is 9.39 Å². The fourth-order valence-electron chi connectivity index (χ4n) is 3.97. The number of phenols is 1. The standard InChI is InChI=1S/C26H36N5O4P/c1-16-12-19(32)13-17(2)20(16)15-21(27)25(34)30-22(10-6-7-11-29-36)26(35)31-23(24(28)33)14-18-8-4-3-5-9-18/h4,8-9,12-13,21-23,29,32H,6-7,10-11,14-15,27,36H2,1-2H3,(H2,28,33)(H,30,34)(H,31,35). The van der Waals surface area contributed by atoms with Gasteiger partial charge in [-0.25, -0.2) is 0 Å². The normalized spacial score (nSPS) is 13.2. The SMILES string of the molecule is Cc1cc(O)cc(C)c1CC(N)C(=O)NC(CCCCNP)C(=O)NC(Cc1cc#ccc1)C(N)=O. The van der Waals surface area contributed by atoms with Crippen molar-refractivity contribution in [2.45, 2.75) is 64.1 Å². The van der Waals surface area contributed by atoms with Crippen LogP contribution in [0.25, 0.3) is 0 Å². The second kappa shape index (κ2) is 14.4. The summed E-state index contributed by atoms with van der Waals surface area (Å²) in [5, 5.41) is 18.2. The lowest BCUT2D eigenvalue weighted by Crippen LogP contribution is -2.56. The van der Waals surface area contributed by atoms with E-state index in [1.54, 1.807) is 30.3 Å². The largest absolute Gasteiger partial charge is 0.508 e. The van der Waals surface area contributed by atoms with E-state index >= 15 is 0 Å². The number of unbranched alkanes of at least 4 members (excludes halogenated alkanes) is 1. The predicted octanol–water partition coefficient (Wildman–Crippen LogP) is 0.727. The number of nitrogens with one attached hydrogen (secondary N) is 3. The van der Waals surface area contributed by atoms with Gasteiger partial charge in [0.25, 0.3) is 0 Å². The van der Waals surface area contributed by atoms with Crippen LogP contribution in [-0.2, 0) is 27.2 Å². The van der Waals surface area contributed by atoms with Crippen LogP contribution in [0.15, 0.2) is 30.3 Å². The summed E-state index contributed by atoms with van der Waals surface area (Å²) in [5.41, 5.74) is 15.0. The predicted molar refractivity (Wildman–Crippen MR) is 142 cm³/mol. The second-order valence-electron chi connectivity index (χ2n) is 8.89. The molecule has 0 aliphatic rings. The number of carbonyl (C=O) groups excluding carboxylic acids is 3. The number of aromatic hydroxyl groups is 1. The van der Waals surface area contributed by atoms with Crippen molar-refractivity contribution in [2.75, 3.05) is 6.54 Å². The number of primary amides is 1.